The van der Waals surface area contributed by atoms with Gasteiger partial charge in [-0.3, -0.25) is 9.59 Å². The Balaban J connectivity index is 1.68. The Morgan fingerprint density at radius 2 is 2.00 bits per heavy atom. The molecule has 1 unspecified atom stereocenters. The summed E-state index contributed by atoms with van der Waals surface area (Å²) in [5.74, 6) is -0.607. The van der Waals surface area contributed by atoms with Crippen molar-refractivity contribution in [1.82, 2.24) is 5.32 Å². The van der Waals surface area contributed by atoms with Crippen LogP contribution in [0.25, 0.3) is 0 Å². The Kier molecular flexibility index (Phi) is 3.42. The molecule has 2 fully saturated rings. The first kappa shape index (κ1) is 13.1. The molecule has 1 atom stereocenters. The van der Waals surface area contributed by atoms with Crippen molar-refractivity contribution in [3.05, 3.63) is 30.1 Å². The summed E-state index contributed by atoms with van der Waals surface area (Å²) in [5, 5.41) is 2.80. The number of halogens is 1. The van der Waals surface area contributed by atoms with E-state index in [1.807, 2.05) is 0 Å². The molecule has 1 aliphatic heterocycles. The third-order valence-electron chi connectivity index (χ3n) is 4.14. The molecular formula is C15H17FN2O2. The number of nitrogens with zero attached hydrogens (tertiary/aromatic N) is 1. The number of benzene rings is 1. The highest BCUT2D eigenvalue weighted by molar-refractivity contribution is 6.01. The zero-order valence-electron chi connectivity index (χ0n) is 11.1. The molecule has 1 saturated heterocycles. The number of rotatable bonds is 3. The van der Waals surface area contributed by atoms with E-state index in [1.165, 1.54) is 11.0 Å². The van der Waals surface area contributed by atoms with Gasteiger partial charge in [0.1, 0.15) is 11.9 Å². The monoisotopic (exact) mass is 276 g/mol. The molecule has 1 heterocycles. The van der Waals surface area contributed by atoms with E-state index in [4.69, 9.17) is 0 Å². The first-order valence-electron chi connectivity index (χ1n) is 7.03. The van der Waals surface area contributed by atoms with Crippen LogP contribution in [0, 0.1) is 11.7 Å². The Morgan fingerprint density at radius 1 is 1.25 bits per heavy atom. The molecule has 2 amide bonds. The predicted molar refractivity (Wildman–Crippen MR) is 72.6 cm³/mol. The summed E-state index contributed by atoms with van der Waals surface area (Å²) in [6.45, 7) is 0.440. The van der Waals surface area contributed by atoms with Crippen LogP contribution < -0.4 is 10.2 Å². The lowest BCUT2D eigenvalue weighted by molar-refractivity contribution is -0.131. The molecule has 1 aromatic carbocycles. The van der Waals surface area contributed by atoms with E-state index in [-0.39, 0.29) is 23.4 Å². The second-order valence-corrected chi connectivity index (χ2v) is 5.42. The van der Waals surface area contributed by atoms with Gasteiger partial charge in [0.2, 0.25) is 11.8 Å². The number of carbonyl (C=O) groups excluding carboxylic acids is 2. The predicted octanol–water partition coefficient (Wildman–Crippen LogP) is 1.85. The number of hydrogen-bond acceptors (Lipinski definition) is 2. The molecular weight excluding hydrogens is 259 g/mol. The highest BCUT2D eigenvalue weighted by Crippen LogP contribution is 2.28. The highest BCUT2D eigenvalue weighted by atomic mass is 19.1. The van der Waals surface area contributed by atoms with Crippen LogP contribution in [0.3, 0.4) is 0 Å². The second kappa shape index (κ2) is 5.23. The minimum Gasteiger partial charge on any atom is -0.344 e. The van der Waals surface area contributed by atoms with E-state index in [1.54, 1.807) is 18.2 Å². The smallest absolute Gasteiger partial charge is 0.249 e. The molecule has 2 aliphatic rings. The third kappa shape index (κ3) is 2.28. The van der Waals surface area contributed by atoms with Crippen LogP contribution in [0.5, 0.6) is 0 Å². The molecule has 106 valence electrons. The van der Waals surface area contributed by atoms with Crippen molar-refractivity contribution in [2.24, 2.45) is 5.92 Å². The van der Waals surface area contributed by atoms with E-state index in [0.717, 1.165) is 19.3 Å². The molecule has 0 bridgehead atoms. The SMILES string of the molecule is O=C(NC1CCN(c2ccccc2F)C1=O)C1CCC1. The quantitative estimate of drug-likeness (QED) is 0.916. The van der Waals surface area contributed by atoms with Crippen LogP contribution in [0.2, 0.25) is 0 Å². The molecule has 0 radical (unpaired) electrons. The van der Waals surface area contributed by atoms with Gasteiger partial charge in [-0.25, -0.2) is 4.39 Å². The molecule has 0 aromatic heterocycles. The van der Waals surface area contributed by atoms with Crippen molar-refractivity contribution in [1.29, 1.82) is 0 Å². The molecule has 4 nitrogen and oxygen atoms in total. The standard InChI is InChI=1S/C15H17FN2O2/c16-11-6-1-2-7-13(11)18-9-8-12(15(18)20)17-14(19)10-4-3-5-10/h1-2,6-7,10,12H,3-5,8-9H2,(H,17,19). The number of carbonyl (C=O) groups is 2. The lowest BCUT2D eigenvalue weighted by atomic mass is 9.84. The van der Waals surface area contributed by atoms with Crippen molar-refractivity contribution in [2.45, 2.75) is 31.7 Å². The van der Waals surface area contributed by atoms with Crippen molar-refractivity contribution >= 4 is 17.5 Å². The van der Waals surface area contributed by atoms with E-state index in [0.29, 0.717) is 13.0 Å². The summed E-state index contributed by atoms with van der Waals surface area (Å²) in [6, 6.07) is 5.70. The van der Waals surface area contributed by atoms with Crippen LogP contribution in [-0.2, 0) is 9.59 Å². The molecule has 0 spiro atoms. The third-order valence-corrected chi connectivity index (χ3v) is 4.14. The maximum atomic E-state index is 13.7. The highest BCUT2D eigenvalue weighted by Gasteiger charge is 2.36. The fourth-order valence-electron chi connectivity index (χ4n) is 2.68. The van der Waals surface area contributed by atoms with E-state index >= 15 is 0 Å². The Bertz CT molecular complexity index is 542. The van der Waals surface area contributed by atoms with E-state index in [9.17, 15) is 14.0 Å². The summed E-state index contributed by atoms with van der Waals surface area (Å²) in [7, 11) is 0. The average molecular weight is 276 g/mol. The van der Waals surface area contributed by atoms with Gasteiger partial charge >= 0.3 is 0 Å². The van der Waals surface area contributed by atoms with Gasteiger partial charge < -0.3 is 10.2 Å². The molecule has 1 N–H and O–H groups in total. The fraction of sp³-hybridized carbons (Fsp3) is 0.467. The van der Waals surface area contributed by atoms with Crippen LogP contribution in [0.4, 0.5) is 10.1 Å². The largest absolute Gasteiger partial charge is 0.344 e. The van der Waals surface area contributed by atoms with Crippen molar-refractivity contribution in [2.75, 3.05) is 11.4 Å². The maximum absolute atomic E-state index is 13.7. The van der Waals surface area contributed by atoms with Crippen molar-refractivity contribution in [3.8, 4) is 0 Å². The molecule has 1 aromatic rings. The van der Waals surface area contributed by atoms with Gasteiger partial charge in [0, 0.05) is 12.5 Å². The van der Waals surface area contributed by atoms with Gasteiger partial charge in [-0.05, 0) is 31.4 Å². The average Bonchev–Trinajstić information content (AvgIpc) is 2.70. The second-order valence-electron chi connectivity index (χ2n) is 5.42. The summed E-state index contributed by atoms with van der Waals surface area (Å²) < 4.78 is 13.7. The number of nitrogens with one attached hydrogen (secondary N) is 1. The number of para-hydroxylation sites is 1. The van der Waals surface area contributed by atoms with E-state index in [2.05, 4.69) is 5.32 Å². The van der Waals surface area contributed by atoms with Crippen LogP contribution >= 0.6 is 0 Å². The summed E-state index contributed by atoms with van der Waals surface area (Å²) in [4.78, 5) is 25.6. The summed E-state index contributed by atoms with van der Waals surface area (Å²) in [6.07, 6.45) is 3.43. The first-order valence-corrected chi connectivity index (χ1v) is 7.03. The Labute approximate surface area is 117 Å². The van der Waals surface area contributed by atoms with Gasteiger partial charge in [0.05, 0.1) is 5.69 Å². The maximum Gasteiger partial charge on any atom is 0.249 e. The fourth-order valence-corrected chi connectivity index (χ4v) is 2.68. The van der Waals surface area contributed by atoms with Crippen molar-refractivity contribution < 1.29 is 14.0 Å². The lowest BCUT2D eigenvalue weighted by Crippen LogP contribution is -2.45. The summed E-state index contributed by atoms with van der Waals surface area (Å²) in [5.41, 5.74) is 0.290. The van der Waals surface area contributed by atoms with Crippen LogP contribution in [0.1, 0.15) is 25.7 Å². The number of anilines is 1. The van der Waals surface area contributed by atoms with Gasteiger partial charge in [-0.2, -0.15) is 0 Å². The van der Waals surface area contributed by atoms with Gasteiger partial charge in [-0.15, -0.1) is 0 Å². The van der Waals surface area contributed by atoms with Gasteiger partial charge in [0.25, 0.3) is 0 Å². The zero-order valence-corrected chi connectivity index (χ0v) is 11.1. The molecule has 20 heavy (non-hydrogen) atoms. The lowest BCUT2D eigenvalue weighted by Gasteiger charge is -2.25. The molecule has 1 saturated carbocycles. The van der Waals surface area contributed by atoms with Crippen molar-refractivity contribution in [3.63, 3.8) is 0 Å². The van der Waals surface area contributed by atoms with Crippen LogP contribution in [0.15, 0.2) is 24.3 Å². The minimum atomic E-state index is -0.511. The molecule has 1 aliphatic carbocycles. The van der Waals surface area contributed by atoms with Gasteiger partial charge in [-0.1, -0.05) is 18.6 Å². The van der Waals surface area contributed by atoms with E-state index < -0.39 is 11.9 Å². The Morgan fingerprint density at radius 3 is 2.65 bits per heavy atom. The summed E-state index contributed by atoms with van der Waals surface area (Å²) >= 11 is 0. The number of hydrogen-bond donors (Lipinski definition) is 1. The minimum absolute atomic E-state index is 0.0371. The zero-order chi connectivity index (χ0) is 14.1. The number of amides is 2. The Hall–Kier alpha value is -1.91. The normalized spacial score (nSPS) is 22.8. The molecule has 5 heteroatoms. The molecule has 3 rings (SSSR count). The van der Waals surface area contributed by atoms with Gasteiger partial charge in [0.15, 0.2) is 0 Å². The topological polar surface area (TPSA) is 49.4 Å². The van der Waals surface area contributed by atoms with Crippen LogP contribution in [-0.4, -0.2) is 24.4 Å². The first-order chi connectivity index (χ1) is 9.66.